The molecule has 0 atom stereocenters. The van der Waals surface area contributed by atoms with Gasteiger partial charge >= 0.3 is 0 Å². The van der Waals surface area contributed by atoms with Crippen molar-refractivity contribution >= 4 is 10.0 Å². The fourth-order valence-corrected chi connectivity index (χ4v) is 2.65. The Morgan fingerprint density at radius 3 is 2.58 bits per heavy atom. The van der Waals surface area contributed by atoms with E-state index < -0.39 is 10.0 Å². The highest BCUT2D eigenvalue weighted by atomic mass is 32.2. The smallest absolute Gasteiger partial charge is 0.242 e. The standard InChI is InChI=1S/C14H14NO3S/c1-15(2)19(17,18)12-7-5-6-11(10-12)13-8-3-4-9-14(13)16/h3,5-10,16H,1-2H3. The lowest BCUT2D eigenvalue weighted by Crippen LogP contribution is -2.22. The van der Waals surface area contributed by atoms with Crippen LogP contribution in [0.3, 0.4) is 0 Å². The Bertz CT molecular complexity index is 693. The van der Waals surface area contributed by atoms with E-state index in [-0.39, 0.29) is 10.6 Å². The molecule has 4 nitrogen and oxygen atoms in total. The number of benzene rings is 2. The van der Waals surface area contributed by atoms with Crippen molar-refractivity contribution in [2.75, 3.05) is 14.1 Å². The van der Waals surface area contributed by atoms with Crippen LogP contribution in [0.15, 0.2) is 47.4 Å². The normalized spacial score (nSPS) is 11.7. The monoisotopic (exact) mass is 276 g/mol. The second-order valence-electron chi connectivity index (χ2n) is 4.26. The number of hydrogen-bond donors (Lipinski definition) is 1. The van der Waals surface area contributed by atoms with Gasteiger partial charge in [0.1, 0.15) is 5.75 Å². The molecule has 0 bridgehead atoms. The minimum atomic E-state index is -3.48. The van der Waals surface area contributed by atoms with E-state index in [4.69, 9.17) is 0 Å². The summed E-state index contributed by atoms with van der Waals surface area (Å²) in [5.74, 6) is 0.0712. The third kappa shape index (κ3) is 2.62. The van der Waals surface area contributed by atoms with E-state index in [0.29, 0.717) is 11.1 Å². The van der Waals surface area contributed by atoms with E-state index in [2.05, 4.69) is 6.07 Å². The number of sulfonamides is 1. The van der Waals surface area contributed by atoms with E-state index in [1.807, 2.05) is 0 Å². The van der Waals surface area contributed by atoms with Gasteiger partial charge in [-0.1, -0.05) is 24.3 Å². The summed E-state index contributed by atoms with van der Waals surface area (Å²) in [7, 11) is -0.510. The Morgan fingerprint density at radius 2 is 1.95 bits per heavy atom. The third-order valence-corrected chi connectivity index (χ3v) is 4.58. The van der Waals surface area contributed by atoms with Crippen LogP contribution in [0.25, 0.3) is 11.1 Å². The van der Waals surface area contributed by atoms with Crippen molar-refractivity contribution in [1.82, 2.24) is 4.31 Å². The van der Waals surface area contributed by atoms with Gasteiger partial charge in [0.2, 0.25) is 10.0 Å². The van der Waals surface area contributed by atoms with Gasteiger partial charge < -0.3 is 5.11 Å². The van der Waals surface area contributed by atoms with Gasteiger partial charge in [0.05, 0.1) is 4.90 Å². The summed E-state index contributed by atoms with van der Waals surface area (Å²) in [6, 6.07) is 14.1. The maximum absolute atomic E-state index is 12.1. The van der Waals surface area contributed by atoms with E-state index in [1.54, 1.807) is 30.3 Å². The van der Waals surface area contributed by atoms with E-state index in [0.717, 1.165) is 4.31 Å². The number of phenolic OH excluding ortho intramolecular Hbond substituents is 1. The van der Waals surface area contributed by atoms with Crippen molar-refractivity contribution in [3.8, 4) is 16.9 Å². The minimum Gasteiger partial charge on any atom is -0.507 e. The molecule has 2 rings (SSSR count). The zero-order valence-electron chi connectivity index (χ0n) is 10.7. The van der Waals surface area contributed by atoms with Gasteiger partial charge in [-0.25, -0.2) is 12.7 Å². The van der Waals surface area contributed by atoms with E-state index >= 15 is 0 Å². The molecular formula is C14H14NO3S. The Hall–Kier alpha value is -1.85. The van der Waals surface area contributed by atoms with Crippen LogP contribution in [0.2, 0.25) is 0 Å². The fourth-order valence-electron chi connectivity index (χ4n) is 1.70. The molecular weight excluding hydrogens is 262 g/mol. The second-order valence-corrected chi connectivity index (χ2v) is 6.41. The highest BCUT2D eigenvalue weighted by Gasteiger charge is 2.17. The molecule has 2 aromatic rings. The number of rotatable bonds is 3. The molecule has 5 heteroatoms. The van der Waals surface area contributed by atoms with Crippen LogP contribution in [0, 0.1) is 6.07 Å². The van der Waals surface area contributed by atoms with Crippen LogP contribution in [0.1, 0.15) is 0 Å². The zero-order chi connectivity index (χ0) is 14.0. The Morgan fingerprint density at radius 1 is 1.21 bits per heavy atom. The number of nitrogens with zero attached hydrogens (tertiary/aromatic N) is 1. The molecule has 0 aliphatic carbocycles. The summed E-state index contributed by atoms with van der Waals surface area (Å²) in [6.07, 6.45) is 0. The molecule has 0 aromatic heterocycles. The summed E-state index contributed by atoms with van der Waals surface area (Å²) >= 11 is 0. The number of aromatic hydroxyl groups is 1. The third-order valence-electron chi connectivity index (χ3n) is 2.77. The molecule has 0 aliphatic rings. The van der Waals surface area contributed by atoms with E-state index in [1.165, 1.54) is 26.2 Å². The van der Waals surface area contributed by atoms with Gasteiger partial charge in [-0.2, -0.15) is 0 Å². The average molecular weight is 276 g/mol. The Balaban J connectivity index is 2.56. The zero-order valence-corrected chi connectivity index (χ0v) is 11.5. The Kier molecular flexibility index (Phi) is 3.59. The van der Waals surface area contributed by atoms with Crippen molar-refractivity contribution in [1.29, 1.82) is 0 Å². The predicted molar refractivity (Wildman–Crippen MR) is 73.3 cm³/mol. The molecule has 99 valence electrons. The molecule has 1 radical (unpaired) electrons. The van der Waals surface area contributed by atoms with Crippen LogP contribution >= 0.6 is 0 Å². The summed E-state index contributed by atoms with van der Waals surface area (Å²) in [5, 5.41) is 9.78. The summed E-state index contributed by atoms with van der Waals surface area (Å²) < 4.78 is 25.3. The molecule has 0 spiro atoms. The van der Waals surface area contributed by atoms with Gasteiger partial charge in [0.15, 0.2) is 0 Å². The summed E-state index contributed by atoms with van der Waals surface area (Å²) in [5.41, 5.74) is 1.23. The van der Waals surface area contributed by atoms with Gasteiger partial charge in [-0.15, -0.1) is 0 Å². The van der Waals surface area contributed by atoms with Crippen molar-refractivity contribution in [2.24, 2.45) is 0 Å². The van der Waals surface area contributed by atoms with Crippen molar-refractivity contribution in [3.05, 3.63) is 48.5 Å². The maximum atomic E-state index is 12.1. The van der Waals surface area contributed by atoms with E-state index in [9.17, 15) is 13.5 Å². The summed E-state index contributed by atoms with van der Waals surface area (Å²) in [4.78, 5) is 0.197. The molecule has 0 aliphatic heterocycles. The molecule has 0 heterocycles. The molecule has 0 amide bonds. The molecule has 1 N–H and O–H groups in total. The molecule has 0 unspecified atom stereocenters. The first-order valence-corrected chi connectivity index (χ1v) is 7.09. The van der Waals surface area contributed by atoms with Crippen LogP contribution < -0.4 is 0 Å². The quantitative estimate of drug-likeness (QED) is 0.934. The first kappa shape index (κ1) is 13.6. The maximum Gasteiger partial charge on any atom is 0.242 e. The molecule has 0 saturated carbocycles. The Labute approximate surface area is 113 Å². The molecule has 0 fully saturated rings. The first-order chi connectivity index (χ1) is 8.93. The first-order valence-electron chi connectivity index (χ1n) is 5.65. The SMILES string of the molecule is CN(C)S(=O)(=O)c1cccc(-c2cc[c]cc2O)c1. The van der Waals surface area contributed by atoms with Crippen molar-refractivity contribution in [3.63, 3.8) is 0 Å². The lowest BCUT2D eigenvalue weighted by atomic mass is 10.1. The topological polar surface area (TPSA) is 57.6 Å². The van der Waals surface area contributed by atoms with Crippen LogP contribution in [0.4, 0.5) is 0 Å². The van der Waals surface area contributed by atoms with Crippen molar-refractivity contribution in [2.45, 2.75) is 4.90 Å². The van der Waals surface area contributed by atoms with Crippen LogP contribution in [-0.2, 0) is 10.0 Å². The van der Waals surface area contributed by atoms with Crippen LogP contribution in [0.5, 0.6) is 5.75 Å². The van der Waals surface area contributed by atoms with Crippen molar-refractivity contribution < 1.29 is 13.5 Å². The van der Waals surface area contributed by atoms with Crippen LogP contribution in [-0.4, -0.2) is 31.9 Å². The number of hydrogen-bond acceptors (Lipinski definition) is 3. The lowest BCUT2D eigenvalue weighted by Gasteiger charge is -2.12. The van der Waals surface area contributed by atoms with Gasteiger partial charge in [0.25, 0.3) is 0 Å². The summed E-state index contributed by atoms with van der Waals surface area (Å²) in [6.45, 7) is 0. The predicted octanol–water partition coefficient (Wildman–Crippen LogP) is 2.11. The lowest BCUT2D eigenvalue weighted by molar-refractivity contribution is 0.477. The second kappa shape index (κ2) is 5.03. The fraction of sp³-hybridized carbons (Fsp3) is 0.143. The van der Waals surface area contributed by atoms with Gasteiger partial charge in [0, 0.05) is 19.7 Å². The molecule has 2 aromatic carbocycles. The number of phenols is 1. The molecule has 19 heavy (non-hydrogen) atoms. The minimum absolute atomic E-state index is 0.0712. The highest BCUT2D eigenvalue weighted by Crippen LogP contribution is 2.30. The van der Waals surface area contributed by atoms with Gasteiger partial charge in [-0.05, 0) is 29.8 Å². The molecule has 0 saturated heterocycles. The average Bonchev–Trinajstić information content (AvgIpc) is 2.39. The van der Waals surface area contributed by atoms with Gasteiger partial charge in [-0.3, -0.25) is 0 Å². The largest absolute Gasteiger partial charge is 0.507 e. The highest BCUT2D eigenvalue weighted by molar-refractivity contribution is 7.89.